The second-order valence-corrected chi connectivity index (χ2v) is 4.36. The maximum atomic E-state index is 10.8. The molecule has 0 amide bonds. The van der Waals surface area contributed by atoms with Crippen molar-refractivity contribution in [2.75, 3.05) is 26.3 Å². The van der Waals surface area contributed by atoms with E-state index >= 15 is 0 Å². The Labute approximate surface area is 91.2 Å². The first kappa shape index (κ1) is 12.5. The molecule has 0 unspecified atom stereocenters. The number of hydrogen-bond acceptors (Lipinski definition) is 3. The molecule has 1 aliphatic heterocycles. The maximum absolute atomic E-state index is 10.8. The van der Waals surface area contributed by atoms with Gasteiger partial charge in [0.15, 0.2) is 0 Å². The Kier molecular flexibility index (Phi) is 4.54. The van der Waals surface area contributed by atoms with Crippen molar-refractivity contribution in [1.82, 2.24) is 4.90 Å². The highest BCUT2D eigenvalue weighted by atomic mass is 16.5. The second kappa shape index (κ2) is 5.47. The molecule has 1 rings (SSSR count). The van der Waals surface area contributed by atoms with Crippen LogP contribution >= 0.6 is 0 Å². The summed E-state index contributed by atoms with van der Waals surface area (Å²) in [6.07, 6.45) is 0. The Bertz CT molecular complexity index is 220. The van der Waals surface area contributed by atoms with E-state index in [0.29, 0.717) is 11.8 Å². The van der Waals surface area contributed by atoms with Crippen molar-refractivity contribution in [2.24, 2.45) is 11.8 Å². The van der Waals surface area contributed by atoms with Crippen LogP contribution in [0.15, 0.2) is 0 Å². The normalized spacial score (nSPS) is 29.3. The molecule has 4 heteroatoms. The average Bonchev–Trinajstić information content (AvgIpc) is 2.55. The van der Waals surface area contributed by atoms with Crippen LogP contribution in [0, 0.1) is 11.8 Å². The van der Waals surface area contributed by atoms with E-state index in [1.807, 2.05) is 11.8 Å². The number of carbonyl (C=O) groups is 1. The molecule has 0 aromatic carbocycles. The first-order valence-corrected chi connectivity index (χ1v) is 5.60. The lowest BCUT2D eigenvalue weighted by Gasteiger charge is -2.20. The summed E-state index contributed by atoms with van der Waals surface area (Å²) in [5.74, 6) is 0.268. The van der Waals surface area contributed by atoms with Gasteiger partial charge < -0.3 is 9.84 Å². The van der Waals surface area contributed by atoms with Crippen LogP contribution < -0.4 is 0 Å². The lowest BCUT2D eigenvalue weighted by atomic mass is 9.99. The number of rotatable bonds is 5. The van der Waals surface area contributed by atoms with E-state index in [-0.39, 0.29) is 6.04 Å². The smallest absolute Gasteiger partial charge is 0.320 e. The largest absolute Gasteiger partial charge is 0.480 e. The third kappa shape index (κ3) is 3.18. The van der Waals surface area contributed by atoms with Gasteiger partial charge in [0.2, 0.25) is 0 Å². The van der Waals surface area contributed by atoms with Crippen molar-refractivity contribution in [1.29, 1.82) is 0 Å². The average molecular weight is 215 g/mol. The fourth-order valence-corrected chi connectivity index (χ4v) is 2.03. The zero-order chi connectivity index (χ0) is 11.4. The van der Waals surface area contributed by atoms with E-state index in [1.165, 1.54) is 0 Å². The van der Waals surface area contributed by atoms with E-state index in [0.717, 1.165) is 26.3 Å². The number of aliphatic carboxylic acids is 1. The van der Waals surface area contributed by atoms with Crippen LogP contribution in [0.4, 0.5) is 0 Å². The minimum atomic E-state index is -0.737. The summed E-state index contributed by atoms with van der Waals surface area (Å²) < 4.78 is 5.40. The van der Waals surface area contributed by atoms with E-state index in [1.54, 1.807) is 6.92 Å². The molecule has 0 aromatic rings. The molecular formula is C11H21NO3. The Morgan fingerprint density at radius 2 is 2.27 bits per heavy atom. The summed E-state index contributed by atoms with van der Waals surface area (Å²) in [7, 11) is 0. The molecule has 0 aliphatic carbocycles. The molecular weight excluding hydrogens is 194 g/mol. The van der Waals surface area contributed by atoms with E-state index in [9.17, 15) is 4.79 Å². The van der Waals surface area contributed by atoms with Crippen LogP contribution in [-0.2, 0) is 9.53 Å². The Balaban J connectivity index is 2.44. The molecule has 1 fully saturated rings. The molecule has 0 saturated carbocycles. The Morgan fingerprint density at radius 1 is 1.60 bits per heavy atom. The number of carboxylic acid groups (broad SMARTS) is 1. The van der Waals surface area contributed by atoms with Gasteiger partial charge in [0.05, 0.1) is 6.61 Å². The van der Waals surface area contributed by atoms with Crippen LogP contribution in [0.1, 0.15) is 20.8 Å². The third-order valence-electron chi connectivity index (χ3n) is 3.24. The zero-order valence-corrected chi connectivity index (χ0v) is 9.77. The molecule has 15 heavy (non-hydrogen) atoms. The summed E-state index contributed by atoms with van der Waals surface area (Å²) >= 11 is 0. The lowest BCUT2D eigenvalue weighted by molar-refractivity contribution is -0.142. The molecule has 0 aromatic heterocycles. The molecule has 1 heterocycles. The van der Waals surface area contributed by atoms with Crippen molar-refractivity contribution in [3.63, 3.8) is 0 Å². The molecule has 1 saturated heterocycles. The number of likely N-dealkylation sites (tertiary alicyclic amines) is 1. The molecule has 0 spiro atoms. The van der Waals surface area contributed by atoms with Crippen LogP contribution in [0.5, 0.6) is 0 Å². The highest BCUT2D eigenvalue weighted by molar-refractivity contribution is 5.72. The van der Waals surface area contributed by atoms with Crippen molar-refractivity contribution in [2.45, 2.75) is 26.8 Å². The van der Waals surface area contributed by atoms with Crippen LogP contribution in [0.3, 0.4) is 0 Å². The number of carboxylic acids is 1. The predicted octanol–water partition coefficient (Wildman–Crippen LogP) is 1.06. The van der Waals surface area contributed by atoms with Crippen molar-refractivity contribution >= 4 is 5.97 Å². The minimum absolute atomic E-state index is 0.376. The predicted molar refractivity (Wildman–Crippen MR) is 57.8 cm³/mol. The summed E-state index contributed by atoms with van der Waals surface area (Å²) in [5.41, 5.74) is 0. The van der Waals surface area contributed by atoms with Gasteiger partial charge in [0.25, 0.3) is 0 Å². The Morgan fingerprint density at radius 3 is 2.80 bits per heavy atom. The monoisotopic (exact) mass is 215 g/mol. The number of hydrogen-bond donors (Lipinski definition) is 1. The number of nitrogens with zero attached hydrogens (tertiary/aromatic N) is 1. The van der Waals surface area contributed by atoms with E-state index in [2.05, 4.69) is 6.92 Å². The molecule has 0 radical (unpaired) electrons. The summed E-state index contributed by atoms with van der Waals surface area (Å²) in [4.78, 5) is 12.9. The van der Waals surface area contributed by atoms with Crippen molar-refractivity contribution in [3.8, 4) is 0 Å². The van der Waals surface area contributed by atoms with Gasteiger partial charge in [-0.15, -0.1) is 0 Å². The van der Waals surface area contributed by atoms with Gasteiger partial charge in [0.1, 0.15) is 6.04 Å². The fourth-order valence-electron chi connectivity index (χ4n) is 2.03. The topological polar surface area (TPSA) is 49.8 Å². The fraction of sp³-hybridized carbons (Fsp3) is 0.909. The van der Waals surface area contributed by atoms with Crippen molar-refractivity contribution in [3.05, 3.63) is 0 Å². The highest BCUT2D eigenvalue weighted by Gasteiger charge is 2.34. The van der Waals surface area contributed by atoms with Gasteiger partial charge in [-0.05, 0) is 25.7 Å². The first-order valence-electron chi connectivity index (χ1n) is 5.60. The maximum Gasteiger partial charge on any atom is 0.320 e. The van der Waals surface area contributed by atoms with Crippen LogP contribution in [0.25, 0.3) is 0 Å². The molecule has 1 aliphatic rings. The number of ether oxygens (including phenoxy) is 1. The Hall–Kier alpha value is -0.610. The molecule has 88 valence electrons. The molecule has 4 nitrogen and oxygen atoms in total. The van der Waals surface area contributed by atoms with Crippen molar-refractivity contribution < 1.29 is 14.6 Å². The molecule has 3 atom stereocenters. The summed E-state index contributed by atoms with van der Waals surface area (Å²) in [6.45, 7) is 9.09. The highest BCUT2D eigenvalue weighted by Crippen LogP contribution is 2.24. The van der Waals surface area contributed by atoms with Gasteiger partial charge in [-0.25, -0.2) is 0 Å². The SMILES string of the molecule is CCOC[C@@H]1CN([C@H](C)C(=O)O)C[C@@H]1C. The van der Waals surface area contributed by atoms with E-state index in [4.69, 9.17) is 9.84 Å². The van der Waals surface area contributed by atoms with Crippen LogP contribution in [-0.4, -0.2) is 48.3 Å². The molecule has 0 bridgehead atoms. The van der Waals surface area contributed by atoms with Gasteiger partial charge in [-0.3, -0.25) is 9.69 Å². The third-order valence-corrected chi connectivity index (χ3v) is 3.24. The minimum Gasteiger partial charge on any atom is -0.480 e. The standard InChI is InChI=1S/C11H21NO3/c1-4-15-7-10-6-12(5-8(10)2)9(3)11(13)14/h8-10H,4-7H2,1-3H3,(H,13,14)/t8-,9+,10-/m0/s1. The van der Waals surface area contributed by atoms with E-state index < -0.39 is 5.97 Å². The van der Waals surface area contributed by atoms with Gasteiger partial charge in [0, 0.05) is 19.7 Å². The quantitative estimate of drug-likeness (QED) is 0.745. The van der Waals surface area contributed by atoms with Gasteiger partial charge in [-0.2, -0.15) is 0 Å². The lowest BCUT2D eigenvalue weighted by Crippen LogP contribution is -2.37. The molecule has 1 N–H and O–H groups in total. The zero-order valence-electron chi connectivity index (χ0n) is 9.77. The summed E-state index contributed by atoms with van der Waals surface area (Å²) in [6, 6.07) is -0.376. The van der Waals surface area contributed by atoms with Gasteiger partial charge >= 0.3 is 5.97 Å². The summed E-state index contributed by atoms with van der Waals surface area (Å²) in [5, 5.41) is 8.92. The second-order valence-electron chi connectivity index (χ2n) is 4.36. The first-order chi connectivity index (χ1) is 7.06. The van der Waals surface area contributed by atoms with Gasteiger partial charge in [-0.1, -0.05) is 6.92 Å². The van der Waals surface area contributed by atoms with Crippen LogP contribution in [0.2, 0.25) is 0 Å².